The molecule has 1 amide bonds. The van der Waals surface area contributed by atoms with Crippen LogP contribution in [0.25, 0.3) is 21.2 Å². The maximum absolute atomic E-state index is 12.6. The van der Waals surface area contributed by atoms with Gasteiger partial charge >= 0.3 is 5.91 Å². The normalized spacial score (nSPS) is 12.1. The number of amides is 1. The second-order valence-electron chi connectivity index (χ2n) is 5.46. The predicted octanol–water partition coefficient (Wildman–Crippen LogP) is 5.14. The second kappa shape index (κ2) is 6.46. The molecule has 124 valence electrons. The average Bonchev–Trinajstić information content (AvgIpc) is 3.17. The SMILES string of the molecule is C=CCn1c(=NC(=O)c2cc3ccccc3o2)sc2cc(Br)ccc21. The Morgan fingerprint density at radius 1 is 1.28 bits per heavy atom. The van der Waals surface area contributed by atoms with Gasteiger partial charge in [-0.3, -0.25) is 4.79 Å². The van der Waals surface area contributed by atoms with Gasteiger partial charge in [0, 0.05) is 16.4 Å². The van der Waals surface area contributed by atoms with Crippen molar-refractivity contribution in [3.8, 4) is 0 Å². The van der Waals surface area contributed by atoms with E-state index >= 15 is 0 Å². The molecule has 4 aromatic rings. The Morgan fingerprint density at radius 2 is 2.12 bits per heavy atom. The molecule has 2 aromatic heterocycles. The standard InChI is InChI=1S/C19H13BrN2O2S/c1-2-9-22-14-8-7-13(20)11-17(14)25-19(22)21-18(23)16-10-12-5-3-4-6-15(12)24-16/h2-8,10-11H,1,9H2. The molecule has 0 fully saturated rings. The fraction of sp³-hybridized carbons (Fsp3) is 0.0526. The lowest BCUT2D eigenvalue weighted by atomic mass is 10.2. The number of halogens is 1. The van der Waals surface area contributed by atoms with Crippen LogP contribution in [0.15, 0.2) is 75.1 Å². The zero-order valence-electron chi connectivity index (χ0n) is 13.1. The van der Waals surface area contributed by atoms with Crippen LogP contribution in [0.3, 0.4) is 0 Å². The smallest absolute Gasteiger partial charge is 0.315 e. The van der Waals surface area contributed by atoms with Gasteiger partial charge in [0.15, 0.2) is 10.6 Å². The number of hydrogen-bond acceptors (Lipinski definition) is 3. The number of fused-ring (bicyclic) bond motifs is 2. The van der Waals surface area contributed by atoms with Gasteiger partial charge in [-0.05, 0) is 30.3 Å². The van der Waals surface area contributed by atoms with E-state index in [9.17, 15) is 4.79 Å². The molecule has 0 radical (unpaired) electrons. The first-order valence-corrected chi connectivity index (χ1v) is 9.24. The van der Waals surface area contributed by atoms with Gasteiger partial charge < -0.3 is 8.98 Å². The van der Waals surface area contributed by atoms with Crippen LogP contribution in [-0.2, 0) is 6.54 Å². The van der Waals surface area contributed by atoms with E-state index in [1.54, 1.807) is 12.1 Å². The summed E-state index contributed by atoms with van der Waals surface area (Å²) < 4.78 is 9.63. The Kier molecular flexibility index (Phi) is 4.15. The highest BCUT2D eigenvalue weighted by molar-refractivity contribution is 9.10. The molecular weight excluding hydrogens is 400 g/mol. The van der Waals surface area contributed by atoms with Crippen molar-refractivity contribution >= 4 is 54.4 Å². The lowest BCUT2D eigenvalue weighted by molar-refractivity contribution is 0.0973. The Morgan fingerprint density at radius 3 is 2.92 bits per heavy atom. The van der Waals surface area contributed by atoms with Crippen molar-refractivity contribution in [2.24, 2.45) is 4.99 Å². The number of allylic oxidation sites excluding steroid dienone is 1. The van der Waals surface area contributed by atoms with Crippen molar-refractivity contribution in [1.29, 1.82) is 0 Å². The average molecular weight is 413 g/mol. The number of rotatable bonds is 3. The van der Waals surface area contributed by atoms with Crippen molar-refractivity contribution in [3.05, 3.63) is 76.2 Å². The highest BCUT2D eigenvalue weighted by Crippen LogP contribution is 2.23. The molecule has 4 nitrogen and oxygen atoms in total. The van der Waals surface area contributed by atoms with Crippen molar-refractivity contribution in [2.75, 3.05) is 0 Å². The summed E-state index contributed by atoms with van der Waals surface area (Å²) in [4.78, 5) is 17.5. The third-order valence-corrected chi connectivity index (χ3v) is 5.32. The van der Waals surface area contributed by atoms with E-state index in [1.165, 1.54) is 11.3 Å². The third kappa shape index (κ3) is 2.99. The van der Waals surface area contributed by atoms with Crippen LogP contribution < -0.4 is 4.80 Å². The monoisotopic (exact) mass is 412 g/mol. The largest absolute Gasteiger partial charge is 0.451 e. The zero-order valence-corrected chi connectivity index (χ0v) is 15.5. The first-order chi connectivity index (χ1) is 12.2. The summed E-state index contributed by atoms with van der Waals surface area (Å²) in [6.45, 7) is 4.37. The predicted molar refractivity (Wildman–Crippen MR) is 104 cm³/mol. The van der Waals surface area contributed by atoms with Crippen LogP contribution in [0.4, 0.5) is 0 Å². The summed E-state index contributed by atoms with van der Waals surface area (Å²) in [6, 6.07) is 15.2. The van der Waals surface area contributed by atoms with Gasteiger partial charge in [0.2, 0.25) is 0 Å². The molecule has 0 aliphatic heterocycles. The van der Waals surface area contributed by atoms with E-state index in [-0.39, 0.29) is 11.7 Å². The van der Waals surface area contributed by atoms with E-state index in [2.05, 4.69) is 27.5 Å². The van der Waals surface area contributed by atoms with Crippen molar-refractivity contribution in [1.82, 2.24) is 4.57 Å². The number of carbonyl (C=O) groups is 1. The number of thiazole rings is 1. The molecule has 0 aliphatic rings. The van der Waals surface area contributed by atoms with E-state index in [0.29, 0.717) is 16.9 Å². The lowest BCUT2D eigenvalue weighted by Gasteiger charge is -2.00. The van der Waals surface area contributed by atoms with E-state index in [1.807, 2.05) is 47.0 Å². The minimum atomic E-state index is -0.389. The van der Waals surface area contributed by atoms with Crippen LogP contribution in [0.5, 0.6) is 0 Å². The number of carbonyl (C=O) groups excluding carboxylic acids is 1. The Bertz CT molecular complexity index is 1150. The third-order valence-electron chi connectivity index (χ3n) is 3.79. The number of benzene rings is 2. The van der Waals surface area contributed by atoms with Crippen LogP contribution in [-0.4, -0.2) is 10.5 Å². The Hall–Kier alpha value is -2.44. The molecule has 6 heteroatoms. The number of para-hydroxylation sites is 1. The molecule has 0 N–H and O–H groups in total. The number of hydrogen-bond donors (Lipinski definition) is 0. The van der Waals surface area contributed by atoms with E-state index in [0.717, 1.165) is 20.1 Å². The van der Waals surface area contributed by atoms with Gasteiger partial charge in [-0.15, -0.1) is 6.58 Å². The van der Waals surface area contributed by atoms with Gasteiger partial charge in [0.25, 0.3) is 0 Å². The van der Waals surface area contributed by atoms with Gasteiger partial charge in [-0.2, -0.15) is 4.99 Å². The first-order valence-electron chi connectivity index (χ1n) is 7.63. The lowest BCUT2D eigenvalue weighted by Crippen LogP contribution is -2.16. The molecule has 0 bridgehead atoms. The molecule has 2 heterocycles. The topological polar surface area (TPSA) is 47.5 Å². The molecule has 4 rings (SSSR count). The maximum Gasteiger partial charge on any atom is 0.315 e. The fourth-order valence-electron chi connectivity index (χ4n) is 2.67. The number of nitrogens with zero attached hydrogens (tertiary/aromatic N) is 2. The van der Waals surface area contributed by atoms with Gasteiger partial charge in [0.05, 0.1) is 10.2 Å². The molecular formula is C19H13BrN2O2S. The van der Waals surface area contributed by atoms with Crippen molar-refractivity contribution in [3.63, 3.8) is 0 Å². The molecule has 0 saturated carbocycles. The summed E-state index contributed by atoms with van der Waals surface area (Å²) in [5.74, 6) is -0.148. The summed E-state index contributed by atoms with van der Waals surface area (Å²) in [7, 11) is 0. The quantitative estimate of drug-likeness (QED) is 0.437. The van der Waals surface area contributed by atoms with Gasteiger partial charge in [-0.25, -0.2) is 0 Å². The molecule has 0 spiro atoms. The summed E-state index contributed by atoms with van der Waals surface area (Å²) in [6.07, 6.45) is 1.79. The van der Waals surface area contributed by atoms with Crippen molar-refractivity contribution < 1.29 is 9.21 Å². The summed E-state index contributed by atoms with van der Waals surface area (Å²) in [5.41, 5.74) is 1.70. The second-order valence-corrected chi connectivity index (χ2v) is 7.39. The van der Waals surface area contributed by atoms with E-state index in [4.69, 9.17) is 4.42 Å². The van der Waals surface area contributed by atoms with E-state index < -0.39 is 0 Å². The highest BCUT2D eigenvalue weighted by Gasteiger charge is 2.13. The molecule has 0 saturated heterocycles. The van der Waals surface area contributed by atoms with Crippen LogP contribution >= 0.6 is 27.3 Å². The Labute approximate surface area is 155 Å². The molecule has 0 atom stereocenters. The molecule has 2 aromatic carbocycles. The van der Waals surface area contributed by atoms with Crippen LogP contribution in [0, 0.1) is 0 Å². The zero-order chi connectivity index (χ0) is 17.4. The van der Waals surface area contributed by atoms with Crippen LogP contribution in [0.2, 0.25) is 0 Å². The van der Waals surface area contributed by atoms with Crippen LogP contribution in [0.1, 0.15) is 10.6 Å². The molecule has 0 aliphatic carbocycles. The minimum Gasteiger partial charge on any atom is -0.451 e. The molecule has 0 unspecified atom stereocenters. The highest BCUT2D eigenvalue weighted by atomic mass is 79.9. The Balaban J connectivity index is 1.85. The summed E-state index contributed by atoms with van der Waals surface area (Å²) in [5, 5.41) is 0.889. The summed E-state index contributed by atoms with van der Waals surface area (Å²) >= 11 is 4.94. The first kappa shape index (κ1) is 16.1. The fourth-order valence-corrected chi connectivity index (χ4v) is 4.26. The number of aromatic nitrogens is 1. The van der Waals surface area contributed by atoms with Gasteiger partial charge in [0.1, 0.15) is 5.58 Å². The van der Waals surface area contributed by atoms with Gasteiger partial charge in [-0.1, -0.05) is 51.5 Å². The minimum absolute atomic E-state index is 0.241. The van der Waals surface area contributed by atoms with Crippen molar-refractivity contribution in [2.45, 2.75) is 6.54 Å². The number of furan rings is 1. The maximum atomic E-state index is 12.6. The molecule has 25 heavy (non-hydrogen) atoms.